The zero-order valence-corrected chi connectivity index (χ0v) is 13.6. The standard InChI is InChI=1S/C19H26N2/c1-14(2)12-20-13-18(15(3)4)11-17-8-5-7-16-9-6-10-21-19(16)17/h5-11,14-15,20H,12-13H2,1-4H3. The number of nitrogens with zero attached hydrogens (tertiary/aromatic N) is 1. The number of aromatic nitrogens is 1. The SMILES string of the molecule is CC(C)CNCC(=Cc1cccc2cccnc12)C(C)C. The minimum absolute atomic E-state index is 0.531. The van der Waals surface area contributed by atoms with E-state index in [9.17, 15) is 0 Å². The van der Waals surface area contributed by atoms with Gasteiger partial charge in [-0.25, -0.2) is 0 Å². The molecule has 112 valence electrons. The van der Waals surface area contributed by atoms with Crippen LogP contribution in [-0.4, -0.2) is 18.1 Å². The molecule has 0 atom stereocenters. The molecule has 0 aliphatic heterocycles. The smallest absolute Gasteiger partial charge is 0.0774 e. The monoisotopic (exact) mass is 282 g/mol. The van der Waals surface area contributed by atoms with Crippen molar-refractivity contribution in [1.29, 1.82) is 0 Å². The predicted molar refractivity (Wildman–Crippen MR) is 92.3 cm³/mol. The van der Waals surface area contributed by atoms with Crippen LogP contribution in [0.2, 0.25) is 0 Å². The maximum Gasteiger partial charge on any atom is 0.0774 e. The number of hydrogen-bond donors (Lipinski definition) is 1. The van der Waals surface area contributed by atoms with Gasteiger partial charge in [-0.3, -0.25) is 4.98 Å². The second kappa shape index (κ2) is 7.37. The van der Waals surface area contributed by atoms with Gasteiger partial charge in [0.2, 0.25) is 0 Å². The van der Waals surface area contributed by atoms with Gasteiger partial charge in [0.05, 0.1) is 5.52 Å². The molecule has 1 aromatic heterocycles. The fourth-order valence-electron chi connectivity index (χ4n) is 2.37. The highest BCUT2D eigenvalue weighted by Crippen LogP contribution is 2.21. The highest BCUT2D eigenvalue weighted by Gasteiger charge is 2.06. The Labute approximate surface area is 128 Å². The lowest BCUT2D eigenvalue weighted by Crippen LogP contribution is -2.23. The van der Waals surface area contributed by atoms with Gasteiger partial charge in [-0.2, -0.15) is 0 Å². The van der Waals surface area contributed by atoms with Crippen molar-refractivity contribution in [2.75, 3.05) is 13.1 Å². The van der Waals surface area contributed by atoms with Crippen LogP contribution < -0.4 is 5.32 Å². The van der Waals surface area contributed by atoms with Crippen molar-refractivity contribution in [2.24, 2.45) is 11.8 Å². The first-order valence-electron chi connectivity index (χ1n) is 7.83. The average molecular weight is 282 g/mol. The minimum Gasteiger partial charge on any atom is -0.313 e. The van der Waals surface area contributed by atoms with E-state index in [-0.39, 0.29) is 0 Å². The Morgan fingerprint density at radius 3 is 2.62 bits per heavy atom. The number of hydrogen-bond acceptors (Lipinski definition) is 2. The van der Waals surface area contributed by atoms with Crippen molar-refractivity contribution in [3.8, 4) is 0 Å². The average Bonchev–Trinajstić information content (AvgIpc) is 2.46. The molecular formula is C19H26N2. The molecule has 21 heavy (non-hydrogen) atoms. The van der Waals surface area contributed by atoms with E-state index in [4.69, 9.17) is 0 Å². The van der Waals surface area contributed by atoms with Crippen molar-refractivity contribution < 1.29 is 0 Å². The van der Waals surface area contributed by atoms with Crippen molar-refractivity contribution >= 4 is 17.0 Å². The van der Waals surface area contributed by atoms with Gasteiger partial charge in [-0.15, -0.1) is 0 Å². The predicted octanol–water partition coefficient (Wildman–Crippen LogP) is 4.52. The maximum atomic E-state index is 4.54. The van der Waals surface area contributed by atoms with E-state index in [1.54, 1.807) is 0 Å². The van der Waals surface area contributed by atoms with E-state index in [2.05, 4.69) is 68.3 Å². The summed E-state index contributed by atoms with van der Waals surface area (Å²) in [5, 5.41) is 4.74. The van der Waals surface area contributed by atoms with E-state index >= 15 is 0 Å². The molecule has 2 nitrogen and oxygen atoms in total. The van der Waals surface area contributed by atoms with Crippen LogP contribution >= 0.6 is 0 Å². The fraction of sp³-hybridized carbons (Fsp3) is 0.421. The first-order chi connectivity index (χ1) is 10.1. The molecule has 0 spiro atoms. The highest BCUT2D eigenvalue weighted by atomic mass is 14.9. The summed E-state index contributed by atoms with van der Waals surface area (Å²) in [6.45, 7) is 11.0. The zero-order chi connectivity index (χ0) is 15.2. The molecule has 1 N–H and O–H groups in total. The van der Waals surface area contributed by atoms with Crippen LogP contribution in [0.3, 0.4) is 0 Å². The molecule has 0 amide bonds. The number of benzene rings is 1. The molecule has 0 unspecified atom stereocenters. The third-order valence-corrected chi connectivity index (χ3v) is 3.63. The molecule has 2 aromatic rings. The van der Waals surface area contributed by atoms with Gasteiger partial charge in [0.25, 0.3) is 0 Å². The molecule has 0 radical (unpaired) electrons. The van der Waals surface area contributed by atoms with Gasteiger partial charge in [0.1, 0.15) is 0 Å². The topological polar surface area (TPSA) is 24.9 Å². The first kappa shape index (κ1) is 15.7. The minimum atomic E-state index is 0.531. The number of pyridine rings is 1. The number of rotatable bonds is 6. The summed E-state index contributed by atoms with van der Waals surface area (Å²) in [4.78, 5) is 4.54. The van der Waals surface area contributed by atoms with E-state index in [0.29, 0.717) is 11.8 Å². The van der Waals surface area contributed by atoms with Crippen LogP contribution in [0.1, 0.15) is 33.3 Å². The summed E-state index contributed by atoms with van der Waals surface area (Å²) in [5.74, 6) is 1.21. The van der Waals surface area contributed by atoms with Crippen molar-refractivity contribution in [2.45, 2.75) is 27.7 Å². The van der Waals surface area contributed by atoms with Gasteiger partial charge in [-0.1, -0.05) is 63.6 Å². The Kier molecular flexibility index (Phi) is 5.51. The molecular weight excluding hydrogens is 256 g/mol. The van der Waals surface area contributed by atoms with Crippen LogP contribution in [0.15, 0.2) is 42.1 Å². The molecule has 0 saturated heterocycles. The van der Waals surface area contributed by atoms with Crippen LogP contribution in [0.25, 0.3) is 17.0 Å². The number of fused-ring (bicyclic) bond motifs is 1. The largest absolute Gasteiger partial charge is 0.313 e. The van der Waals surface area contributed by atoms with Gasteiger partial charge in [0, 0.05) is 23.7 Å². The van der Waals surface area contributed by atoms with Gasteiger partial charge in [-0.05, 0) is 24.4 Å². The third kappa shape index (κ3) is 4.40. The van der Waals surface area contributed by atoms with E-state index in [1.807, 2.05) is 12.3 Å². The maximum absolute atomic E-state index is 4.54. The molecule has 1 heterocycles. The van der Waals surface area contributed by atoms with Crippen LogP contribution in [0.4, 0.5) is 0 Å². The van der Waals surface area contributed by atoms with Crippen LogP contribution in [-0.2, 0) is 0 Å². The zero-order valence-electron chi connectivity index (χ0n) is 13.6. The molecule has 2 heteroatoms. The first-order valence-corrected chi connectivity index (χ1v) is 7.83. The molecule has 1 aromatic carbocycles. The molecule has 0 aliphatic carbocycles. The second-order valence-corrected chi connectivity index (χ2v) is 6.32. The van der Waals surface area contributed by atoms with Crippen molar-refractivity contribution in [3.63, 3.8) is 0 Å². The summed E-state index contributed by atoms with van der Waals surface area (Å²) in [7, 11) is 0. The molecule has 0 aliphatic rings. The quantitative estimate of drug-likeness (QED) is 0.842. The Balaban J connectivity index is 2.27. The lowest BCUT2D eigenvalue weighted by molar-refractivity contribution is 0.558. The Bertz CT molecular complexity index is 606. The number of nitrogens with one attached hydrogen (secondary N) is 1. The lowest BCUT2D eigenvalue weighted by atomic mass is 9.98. The van der Waals surface area contributed by atoms with Gasteiger partial charge in [0.15, 0.2) is 0 Å². The van der Waals surface area contributed by atoms with Crippen LogP contribution in [0.5, 0.6) is 0 Å². The molecule has 0 saturated carbocycles. The van der Waals surface area contributed by atoms with E-state index < -0.39 is 0 Å². The normalized spacial score (nSPS) is 12.6. The van der Waals surface area contributed by atoms with Gasteiger partial charge >= 0.3 is 0 Å². The fourth-order valence-corrected chi connectivity index (χ4v) is 2.37. The van der Waals surface area contributed by atoms with Gasteiger partial charge < -0.3 is 5.32 Å². The third-order valence-electron chi connectivity index (χ3n) is 3.63. The summed E-state index contributed by atoms with van der Waals surface area (Å²) >= 11 is 0. The summed E-state index contributed by atoms with van der Waals surface area (Å²) in [6, 6.07) is 10.5. The molecule has 2 rings (SSSR count). The van der Waals surface area contributed by atoms with Crippen LogP contribution in [0, 0.1) is 11.8 Å². The van der Waals surface area contributed by atoms with Crippen molar-refractivity contribution in [3.05, 3.63) is 47.7 Å². The second-order valence-electron chi connectivity index (χ2n) is 6.32. The summed E-state index contributed by atoms with van der Waals surface area (Å²) < 4.78 is 0. The number of para-hydroxylation sites is 1. The Morgan fingerprint density at radius 2 is 1.90 bits per heavy atom. The highest BCUT2D eigenvalue weighted by molar-refractivity contribution is 5.87. The molecule has 0 bridgehead atoms. The lowest BCUT2D eigenvalue weighted by Gasteiger charge is -2.14. The van der Waals surface area contributed by atoms with Crippen molar-refractivity contribution in [1.82, 2.24) is 10.3 Å². The van der Waals surface area contributed by atoms with E-state index in [0.717, 1.165) is 18.6 Å². The van der Waals surface area contributed by atoms with E-state index in [1.165, 1.54) is 16.5 Å². The Hall–Kier alpha value is -1.67. The summed E-state index contributed by atoms with van der Waals surface area (Å²) in [6.07, 6.45) is 4.17. The molecule has 0 fully saturated rings. The summed E-state index contributed by atoms with van der Waals surface area (Å²) in [5.41, 5.74) is 3.72. The Morgan fingerprint density at radius 1 is 1.14 bits per heavy atom.